The predicted molar refractivity (Wildman–Crippen MR) is 46.8 cm³/mol. The number of esters is 1. The molecule has 2 heterocycles. The summed E-state index contributed by atoms with van der Waals surface area (Å²) >= 11 is 0. The van der Waals surface area contributed by atoms with E-state index in [2.05, 4.69) is 0 Å². The zero-order valence-corrected chi connectivity index (χ0v) is 8.54. The molecule has 0 radical (unpaired) electrons. The van der Waals surface area contributed by atoms with Gasteiger partial charge in [-0.05, 0) is 13.8 Å². The monoisotopic (exact) mass is 218 g/mol. The van der Waals surface area contributed by atoms with Crippen LogP contribution in [-0.4, -0.2) is 53.0 Å². The topological polar surface area (TPSA) is 85.2 Å². The molecule has 2 saturated heterocycles. The van der Waals surface area contributed by atoms with Gasteiger partial charge in [0.15, 0.2) is 18.0 Å². The highest BCUT2D eigenvalue weighted by atomic mass is 16.8. The highest BCUT2D eigenvalue weighted by Crippen LogP contribution is 2.30. The maximum absolute atomic E-state index is 11.0. The lowest BCUT2D eigenvalue weighted by Gasteiger charge is -2.21. The van der Waals surface area contributed by atoms with Gasteiger partial charge < -0.3 is 24.4 Å². The molecular formula is C9H14O6. The number of carbonyl (C=O) groups is 1. The van der Waals surface area contributed by atoms with Crippen LogP contribution < -0.4 is 0 Å². The third-order valence-corrected chi connectivity index (χ3v) is 2.55. The molecule has 0 aromatic heterocycles. The summed E-state index contributed by atoms with van der Waals surface area (Å²) in [6.07, 6.45) is -4.12. The van der Waals surface area contributed by atoms with Crippen LogP contribution in [0.15, 0.2) is 0 Å². The number of aliphatic hydroxyl groups excluding tert-OH is 2. The van der Waals surface area contributed by atoms with Gasteiger partial charge in [-0.1, -0.05) is 0 Å². The molecule has 0 aromatic carbocycles. The number of ether oxygens (including phenoxy) is 3. The van der Waals surface area contributed by atoms with E-state index in [1.165, 1.54) is 0 Å². The Kier molecular flexibility index (Phi) is 2.46. The first-order valence-corrected chi connectivity index (χ1v) is 4.79. The van der Waals surface area contributed by atoms with Crippen molar-refractivity contribution < 1.29 is 29.2 Å². The van der Waals surface area contributed by atoms with Crippen molar-refractivity contribution in [2.45, 2.75) is 44.1 Å². The van der Waals surface area contributed by atoms with Crippen LogP contribution in [-0.2, 0) is 19.0 Å². The Morgan fingerprint density at radius 3 is 2.47 bits per heavy atom. The minimum absolute atomic E-state index is 0.231. The third kappa shape index (κ3) is 1.85. The fourth-order valence-electron chi connectivity index (χ4n) is 1.77. The van der Waals surface area contributed by atoms with E-state index in [4.69, 9.17) is 14.2 Å². The molecule has 2 fully saturated rings. The van der Waals surface area contributed by atoms with Crippen LogP contribution in [0.5, 0.6) is 0 Å². The number of aliphatic hydroxyl groups is 2. The second-order valence-electron chi connectivity index (χ2n) is 4.20. The van der Waals surface area contributed by atoms with Crippen LogP contribution in [0.3, 0.4) is 0 Å². The summed E-state index contributed by atoms with van der Waals surface area (Å²) in [5.74, 6) is -1.56. The van der Waals surface area contributed by atoms with Crippen molar-refractivity contribution in [2.75, 3.05) is 6.61 Å². The van der Waals surface area contributed by atoms with Gasteiger partial charge in [0.1, 0.15) is 12.2 Å². The maximum atomic E-state index is 11.0. The number of carbonyl (C=O) groups excluding carboxylic acids is 1. The van der Waals surface area contributed by atoms with Crippen LogP contribution in [0.4, 0.5) is 0 Å². The minimum atomic E-state index is -1.48. The van der Waals surface area contributed by atoms with Gasteiger partial charge in [0, 0.05) is 0 Å². The van der Waals surface area contributed by atoms with Crippen LogP contribution in [0, 0.1) is 0 Å². The normalized spacial score (nSPS) is 44.4. The molecule has 15 heavy (non-hydrogen) atoms. The van der Waals surface area contributed by atoms with E-state index in [1.54, 1.807) is 13.8 Å². The molecule has 0 aliphatic carbocycles. The van der Waals surface area contributed by atoms with E-state index >= 15 is 0 Å². The van der Waals surface area contributed by atoms with Crippen molar-refractivity contribution in [1.29, 1.82) is 0 Å². The van der Waals surface area contributed by atoms with Crippen LogP contribution >= 0.6 is 0 Å². The number of hydrogen-bond donors (Lipinski definition) is 2. The molecule has 86 valence electrons. The second kappa shape index (κ2) is 3.41. The van der Waals surface area contributed by atoms with Gasteiger partial charge in [0.25, 0.3) is 0 Å². The average molecular weight is 218 g/mol. The van der Waals surface area contributed by atoms with Crippen LogP contribution in [0.1, 0.15) is 13.8 Å². The zero-order chi connectivity index (χ0) is 11.2. The van der Waals surface area contributed by atoms with E-state index in [9.17, 15) is 15.0 Å². The molecule has 0 spiro atoms. The summed E-state index contributed by atoms with van der Waals surface area (Å²) in [6.45, 7) is 3.69. The molecule has 6 heteroatoms. The highest BCUT2D eigenvalue weighted by Gasteiger charge is 2.50. The summed E-state index contributed by atoms with van der Waals surface area (Å²) in [4.78, 5) is 11.0. The Hall–Kier alpha value is -0.690. The minimum Gasteiger partial charge on any atom is -0.455 e. The molecular weight excluding hydrogens is 204 g/mol. The number of hydrogen-bond acceptors (Lipinski definition) is 6. The smallest absolute Gasteiger partial charge is 0.338 e. The van der Waals surface area contributed by atoms with E-state index < -0.39 is 36.2 Å². The van der Waals surface area contributed by atoms with Crippen molar-refractivity contribution in [3.05, 3.63) is 0 Å². The SMILES string of the molecule is CC1(C)OC[C@H]([C@H]2OC(=O)[C@H](O)[C@H]2O)O1. The summed E-state index contributed by atoms with van der Waals surface area (Å²) < 4.78 is 15.5. The molecule has 4 atom stereocenters. The van der Waals surface area contributed by atoms with Gasteiger partial charge in [-0.25, -0.2) is 4.79 Å². The molecule has 6 nitrogen and oxygen atoms in total. The molecule has 2 rings (SSSR count). The maximum Gasteiger partial charge on any atom is 0.338 e. The van der Waals surface area contributed by atoms with Gasteiger partial charge in [-0.3, -0.25) is 0 Å². The lowest BCUT2D eigenvalue weighted by atomic mass is 10.1. The van der Waals surface area contributed by atoms with E-state index in [1.807, 2.05) is 0 Å². The summed E-state index contributed by atoms with van der Waals surface area (Å²) in [5, 5.41) is 18.7. The van der Waals surface area contributed by atoms with Crippen LogP contribution in [0.25, 0.3) is 0 Å². The van der Waals surface area contributed by atoms with Gasteiger partial charge in [0.05, 0.1) is 6.61 Å². The lowest BCUT2D eigenvalue weighted by Crippen LogP contribution is -2.40. The van der Waals surface area contributed by atoms with Gasteiger partial charge in [-0.15, -0.1) is 0 Å². The summed E-state index contributed by atoms with van der Waals surface area (Å²) in [6, 6.07) is 0. The molecule has 2 N–H and O–H groups in total. The zero-order valence-electron chi connectivity index (χ0n) is 8.54. The van der Waals surface area contributed by atoms with Crippen molar-refractivity contribution >= 4 is 5.97 Å². The Labute approximate surface area is 86.7 Å². The quantitative estimate of drug-likeness (QED) is 0.537. The first kappa shape index (κ1) is 10.8. The van der Waals surface area contributed by atoms with Gasteiger partial charge in [0.2, 0.25) is 0 Å². The Morgan fingerprint density at radius 2 is 2.07 bits per heavy atom. The molecule has 2 aliphatic heterocycles. The molecule has 0 amide bonds. The van der Waals surface area contributed by atoms with E-state index in [0.29, 0.717) is 0 Å². The lowest BCUT2D eigenvalue weighted by molar-refractivity contribution is -0.166. The Bertz CT molecular complexity index is 276. The molecule has 0 saturated carbocycles. The van der Waals surface area contributed by atoms with Crippen molar-refractivity contribution in [3.8, 4) is 0 Å². The molecule has 2 aliphatic rings. The molecule has 0 bridgehead atoms. The highest BCUT2D eigenvalue weighted by molar-refractivity contribution is 5.77. The molecule has 0 unspecified atom stereocenters. The fourth-order valence-corrected chi connectivity index (χ4v) is 1.77. The largest absolute Gasteiger partial charge is 0.455 e. The Morgan fingerprint density at radius 1 is 1.40 bits per heavy atom. The summed E-state index contributed by atoms with van der Waals surface area (Å²) in [5.41, 5.74) is 0. The van der Waals surface area contributed by atoms with Crippen LogP contribution in [0.2, 0.25) is 0 Å². The van der Waals surface area contributed by atoms with E-state index in [0.717, 1.165) is 0 Å². The molecule has 0 aromatic rings. The second-order valence-corrected chi connectivity index (χ2v) is 4.20. The predicted octanol–water partition coefficient (Wildman–Crippen LogP) is -1.21. The third-order valence-electron chi connectivity index (χ3n) is 2.55. The summed E-state index contributed by atoms with van der Waals surface area (Å²) in [7, 11) is 0. The number of rotatable bonds is 1. The number of cyclic esters (lactones) is 1. The first-order chi connectivity index (χ1) is 6.91. The van der Waals surface area contributed by atoms with Crippen molar-refractivity contribution in [2.24, 2.45) is 0 Å². The van der Waals surface area contributed by atoms with Crippen molar-refractivity contribution in [3.63, 3.8) is 0 Å². The standard InChI is InChI=1S/C9H14O6/c1-9(2)13-3-4(15-9)7-5(10)6(11)8(12)14-7/h4-7,10-11H,3H2,1-2H3/t4-,5-,6-,7-/m1/s1. The van der Waals surface area contributed by atoms with Gasteiger partial charge >= 0.3 is 5.97 Å². The fraction of sp³-hybridized carbons (Fsp3) is 0.889. The van der Waals surface area contributed by atoms with Crippen molar-refractivity contribution in [1.82, 2.24) is 0 Å². The first-order valence-electron chi connectivity index (χ1n) is 4.79. The van der Waals surface area contributed by atoms with E-state index in [-0.39, 0.29) is 6.61 Å². The average Bonchev–Trinajstić information content (AvgIpc) is 2.62. The Balaban J connectivity index is 2.04. The van der Waals surface area contributed by atoms with Gasteiger partial charge in [-0.2, -0.15) is 0 Å².